The largest absolute Gasteiger partial charge is 0.378 e. The summed E-state index contributed by atoms with van der Waals surface area (Å²) in [5.41, 5.74) is 0. The summed E-state index contributed by atoms with van der Waals surface area (Å²) in [7, 11) is 0. The van der Waals surface area contributed by atoms with Crippen LogP contribution in [0.3, 0.4) is 0 Å². The maximum absolute atomic E-state index is 5.68. The minimum atomic E-state index is 0.299. The minimum Gasteiger partial charge on any atom is -0.378 e. The fraction of sp³-hybridized carbons (Fsp3) is 0.571. The molecule has 0 radical (unpaired) electrons. The quantitative estimate of drug-likeness (QED) is 0.932. The van der Waals surface area contributed by atoms with Gasteiger partial charge in [-0.25, -0.2) is 9.97 Å². The zero-order valence-electron chi connectivity index (χ0n) is 11.4. The van der Waals surface area contributed by atoms with Crippen LogP contribution in [0.15, 0.2) is 6.07 Å². The Balaban J connectivity index is 1.94. The molecule has 1 N–H and O–H groups in total. The Morgan fingerprint density at radius 1 is 1.47 bits per heavy atom. The lowest BCUT2D eigenvalue weighted by Gasteiger charge is -2.10. The van der Waals surface area contributed by atoms with E-state index in [1.165, 1.54) is 4.88 Å². The molecule has 2 aromatic heterocycles. The number of thiophene rings is 1. The number of nitrogens with one attached hydrogen (secondary N) is 1. The van der Waals surface area contributed by atoms with Gasteiger partial charge in [-0.15, -0.1) is 11.3 Å². The summed E-state index contributed by atoms with van der Waals surface area (Å²) >= 11 is 1.73. The molecular formula is C14H19N3OS. The highest BCUT2D eigenvalue weighted by Crippen LogP contribution is 2.29. The van der Waals surface area contributed by atoms with E-state index in [0.29, 0.717) is 6.10 Å². The lowest BCUT2D eigenvalue weighted by molar-refractivity contribution is 0.110. The smallest absolute Gasteiger partial charge is 0.138 e. The molecule has 19 heavy (non-hydrogen) atoms. The van der Waals surface area contributed by atoms with E-state index in [-0.39, 0.29) is 0 Å². The molecule has 2 aromatic rings. The molecule has 0 saturated carbocycles. The first kappa shape index (κ1) is 12.8. The first-order chi connectivity index (χ1) is 9.26. The SMILES string of the molecule is CCNc1nc(CC2CCCO2)nc2sc(C)cc12. The Bertz CT molecular complexity index is 575. The summed E-state index contributed by atoms with van der Waals surface area (Å²) in [4.78, 5) is 11.7. The van der Waals surface area contributed by atoms with E-state index in [9.17, 15) is 0 Å². The second kappa shape index (κ2) is 5.43. The van der Waals surface area contributed by atoms with E-state index in [1.807, 2.05) is 0 Å². The first-order valence-corrected chi connectivity index (χ1v) is 7.70. The molecule has 1 atom stereocenters. The number of hydrogen-bond donors (Lipinski definition) is 1. The number of aromatic nitrogens is 2. The van der Waals surface area contributed by atoms with Crippen molar-refractivity contribution in [2.45, 2.75) is 39.2 Å². The zero-order valence-corrected chi connectivity index (χ0v) is 12.2. The van der Waals surface area contributed by atoms with Gasteiger partial charge in [0, 0.05) is 24.4 Å². The van der Waals surface area contributed by atoms with Crippen LogP contribution in [0.2, 0.25) is 0 Å². The summed E-state index contributed by atoms with van der Waals surface area (Å²) in [6.07, 6.45) is 3.41. The van der Waals surface area contributed by atoms with Crippen molar-refractivity contribution in [3.63, 3.8) is 0 Å². The highest BCUT2D eigenvalue weighted by Gasteiger charge is 2.19. The molecule has 102 valence electrons. The number of ether oxygens (including phenoxy) is 1. The summed E-state index contributed by atoms with van der Waals surface area (Å²) < 4.78 is 5.68. The average molecular weight is 277 g/mol. The summed E-state index contributed by atoms with van der Waals surface area (Å²) in [6, 6.07) is 2.16. The number of nitrogens with zero attached hydrogens (tertiary/aromatic N) is 2. The monoisotopic (exact) mass is 277 g/mol. The van der Waals surface area contributed by atoms with Gasteiger partial charge in [0.05, 0.1) is 11.5 Å². The van der Waals surface area contributed by atoms with Crippen molar-refractivity contribution < 1.29 is 4.74 Å². The molecule has 1 saturated heterocycles. The van der Waals surface area contributed by atoms with Gasteiger partial charge in [0.15, 0.2) is 0 Å². The molecule has 1 aliphatic rings. The Morgan fingerprint density at radius 2 is 2.37 bits per heavy atom. The summed E-state index contributed by atoms with van der Waals surface area (Å²) in [5, 5.41) is 4.48. The van der Waals surface area contributed by atoms with Gasteiger partial charge in [-0.3, -0.25) is 0 Å². The van der Waals surface area contributed by atoms with Crippen molar-refractivity contribution in [2.24, 2.45) is 0 Å². The van der Waals surface area contributed by atoms with Gasteiger partial charge in [0.1, 0.15) is 16.5 Å². The predicted molar refractivity (Wildman–Crippen MR) is 79.0 cm³/mol. The predicted octanol–water partition coefficient (Wildman–Crippen LogP) is 3.15. The van der Waals surface area contributed by atoms with Crippen LogP contribution < -0.4 is 5.32 Å². The molecule has 3 rings (SSSR count). The van der Waals surface area contributed by atoms with Crippen molar-refractivity contribution >= 4 is 27.4 Å². The van der Waals surface area contributed by atoms with Crippen LogP contribution in [0.25, 0.3) is 10.2 Å². The third-order valence-electron chi connectivity index (χ3n) is 3.34. The molecule has 3 heterocycles. The summed E-state index contributed by atoms with van der Waals surface area (Å²) in [6.45, 7) is 5.96. The van der Waals surface area contributed by atoms with Crippen molar-refractivity contribution in [2.75, 3.05) is 18.5 Å². The normalized spacial score (nSPS) is 19.2. The zero-order chi connectivity index (χ0) is 13.2. The molecule has 4 nitrogen and oxygen atoms in total. The van der Waals surface area contributed by atoms with Crippen LogP contribution in [0.5, 0.6) is 0 Å². The molecule has 1 aliphatic heterocycles. The van der Waals surface area contributed by atoms with Crippen LogP contribution in [-0.4, -0.2) is 29.2 Å². The molecule has 0 amide bonds. The number of hydrogen-bond acceptors (Lipinski definition) is 5. The molecular weight excluding hydrogens is 258 g/mol. The topological polar surface area (TPSA) is 47.0 Å². The second-order valence-electron chi connectivity index (χ2n) is 4.93. The third-order valence-corrected chi connectivity index (χ3v) is 4.29. The fourth-order valence-corrected chi connectivity index (χ4v) is 3.39. The number of anilines is 1. The second-order valence-corrected chi connectivity index (χ2v) is 6.17. The Labute approximate surface area is 117 Å². The number of rotatable bonds is 4. The van der Waals surface area contributed by atoms with Gasteiger partial charge >= 0.3 is 0 Å². The van der Waals surface area contributed by atoms with Gasteiger partial charge in [0.2, 0.25) is 0 Å². The van der Waals surface area contributed by atoms with E-state index in [1.54, 1.807) is 11.3 Å². The lowest BCUT2D eigenvalue weighted by Crippen LogP contribution is -2.12. The first-order valence-electron chi connectivity index (χ1n) is 6.89. The maximum Gasteiger partial charge on any atom is 0.138 e. The van der Waals surface area contributed by atoms with Crippen LogP contribution in [0.4, 0.5) is 5.82 Å². The molecule has 5 heteroatoms. The van der Waals surface area contributed by atoms with Gasteiger partial charge in [-0.1, -0.05) is 0 Å². The molecule has 0 spiro atoms. The van der Waals surface area contributed by atoms with Crippen molar-refractivity contribution in [3.8, 4) is 0 Å². The van der Waals surface area contributed by atoms with Crippen molar-refractivity contribution in [1.82, 2.24) is 9.97 Å². The molecule has 1 unspecified atom stereocenters. The van der Waals surface area contributed by atoms with Gasteiger partial charge in [0.25, 0.3) is 0 Å². The number of aryl methyl sites for hydroxylation is 1. The lowest BCUT2D eigenvalue weighted by atomic mass is 10.2. The Morgan fingerprint density at radius 3 is 3.11 bits per heavy atom. The van der Waals surface area contributed by atoms with Gasteiger partial charge < -0.3 is 10.1 Å². The average Bonchev–Trinajstić information content (AvgIpc) is 2.98. The van der Waals surface area contributed by atoms with Gasteiger partial charge in [-0.05, 0) is 32.8 Å². The summed E-state index contributed by atoms with van der Waals surface area (Å²) in [5.74, 6) is 1.86. The standard InChI is InChI=1S/C14H19N3OS/c1-3-15-13-11-7-9(2)19-14(11)17-12(16-13)8-10-5-4-6-18-10/h7,10H,3-6,8H2,1-2H3,(H,15,16,17). The molecule has 0 aromatic carbocycles. The highest BCUT2D eigenvalue weighted by atomic mass is 32.1. The van der Waals surface area contributed by atoms with E-state index < -0.39 is 0 Å². The molecule has 0 aliphatic carbocycles. The molecule has 1 fully saturated rings. The van der Waals surface area contributed by atoms with Crippen LogP contribution >= 0.6 is 11.3 Å². The van der Waals surface area contributed by atoms with E-state index >= 15 is 0 Å². The Hall–Kier alpha value is -1.20. The van der Waals surface area contributed by atoms with Crippen LogP contribution in [-0.2, 0) is 11.2 Å². The van der Waals surface area contributed by atoms with Crippen LogP contribution in [0.1, 0.15) is 30.5 Å². The fourth-order valence-electron chi connectivity index (χ4n) is 2.49. The van der Waals surface area contributed by atoms with Crippen molar-refractivity contribution in [1.29, 1.82) is 0 Å². The van der Waals surface area contributed by atoms with Crippen LogP contribution in [0, 0.1) is 6.92 Å². The minimum absolute atomic E-state index is 0.299. The van der Waals surface area contributed by atoms with E-state index in [0.717, 1.165) is 54.3 Å². The third kappa shape index (κ3) is 2.72. The van der Waals surface area contributed by atoms with E-state index in [4.69, 9.17) is 4.74 Å². The Kier molecular flexibility index (Phi) is 3.66. The highest BCUT2D eigenvalue weighted by molar-refractivity contribution is 7.18. The number of fused-ring (bicyclic) bond motifs is 1. The van der Waals surface area contributed by atoms with E-state index in [2.05, 4.69) is 35.2 Å². The maximum atomic E-state index is 5.68. The van der Waals surface area contributed by atoms with Crippen molar-refractivity contribution in [3.05, 3.63) is 16.8 Å². The van der Waals surface area contributed by atoms with Gasteiger partial charge in [-0.2, -0.15) is 0 Å². The molecule has 0 bridgehead atoms.